The summed E-state index contributed by atoms with van der Waals surface area (Å²) in [6.07, 6.45) is 1.59. The van der Waals surface area contributed by atoms with Crippen molar-refractivity contribution in [1.29, 1.82) is 0 Å². The van der Waals surface area contributed by atoms with Crippen molar-refractivity contribution in [3.63, 3.8) is 0 Å². The second kappa shape index (κ2) is 14.3. The van der Waals surface area contributed by atoms with Crippen LogP contribution in [0.4, 0.5) is 0 Å². The van der Waals surface area contributed by atoms with Gasteiger partial charge in [-0.15, -0.1) is 23.1 Å². The summed E-state index contributed by atoms with van der Waals surface area (Å²) in [6, 6.07) is 12.8. The van der Waals surface area contributed by atoms with Gasteiger partial charge in [-0.05, 0) is 47.0 Å². The van der Waals surface area contributed by atoms with Crippen molar-refractivity contribution < 1.29 is 37.2 Å². The Morgan fingerprint density at radius 1 is 1.07 bits per heavy atom. The highest BCUT2D eigenvalue weighted by Crippen LogP contribution is 2.39. The number of hydrogen-bond acceptors (Lipinski definition) is 8. The number of sulfonamides is 1. The molecule has 0 bridgehead atoms. The van der Waals surface area contributed by atoms with Crippen LogP contribution in [0.15, 0.2) is 64.2 Å². The van der Waals surface area contributed by atoms with Crippen LogP contribution in [0.2, 0.25) is 0 Å². The second-order valence-electron chi connectivity index (χ2n) is 10.2. The molecule has 3 atom stereocenters. The minimum atomic E-state index is -4.42. The van der Waals surface area contributed by atoms with Crippen LogP contribution in [0.5, 0.6) is 0 Å². The molecule has 3 amide bonds. The highest BCUT2D eigenvalue weighted by atomic mass is 32.2. The summed E-state index contributed by atoms with van der Waals surface area (Å²) >= 11 is 1.68. The molecule has 2 aromatic carbocycles. The van der Waals surface area contributed by atoms with Crippen molar-refractivity contribution in [3.8, 4) is 0 Å². The van der Waals surface area contributed by atoms with Gasteiger partial charge in [-0.3, -0.25) is 18.9 Å². The Hall–Kier alpha value is -2.78. The molecule has 1 saturated heterocycles. The lowest BCUT2D eigenvalue weighted by molar-refractivity contribution is -0.143. The Labute approximate surface area is 257 Å². The number of likely N-dealkylation sites (tertiary alicyclic amines) is 1. The monoisotopic (exact) mass is 668 g/mol. The molecule has 0 aliphatic carbocycles. The summed E-state index contributed by atoms with van der Waals surface area (Å²) in [5.41, 5.74) is 5.81. The predicted molar refractivity (Wildman–Crippen MR) is 166 cm³/mol. The summed E-state index contributed by atoms with van der Waals surface area (Å²) in [5, 5.41) is 6.23. The third-order valence-corrected chi connectivity index (χ3v) is 12.4. The van der Waals surface area contributed by atoms with Gasteiger partial charge in [0.1, 0.15) is 22.3 Å². The van der Waals surface area contributed by atoms with E-state index in [2.05, 4.69) is 10.0 Å². The van der Waals surface area contributed by atoms with E-state index in [4.69, 9.17) is 5.73 Å². The van der Waals surface area contributed by atoms with E-state index in [9.17, 15) is 37.2 Å². The molecule has 1 fully saturated rings. The van der Waals surface area contributed by atoms with Gasteiger partial charge in [0.15, 0.2) is 0 Å². The topological polar surface area (TPSA) is 196 Å². The lowest BCUT2D eigenvalue weighted by Gasteiger charge is -2.37. The quantitative estimate of drug-likeness (QED) is 0.169. The first-order valence-corrected chi connectivity index (χ1v) is 18.7. The molecule has 0 saturated carbocycles. The Bertz CT molecular complexity index is 1610. The molecule has 1 aliphatic heterocycles. The van der Waals surface area contributed by atoms with E-state index < -0.39 is 59.0 Å². The maximum atomic E-state index is 13.8. The molecule has 3 aromatic rings. The number of fused-ring (bicyclic) bond motifs is 1. The van der Waals surface area contributed by atoms with Gasteiger partial charge in [-0.2, -0.15) is 4.72 Å². The van der Waals surface area contributed by atoms with E-state index in [0.29, 0.717) is 12.8 Å². The minimum Gasteiger partial charge on any atom is -0.368 e. The van der Waals surface area contributed by atoms with E-state index in [1.54, 1.807) is 5.38 Å². The van der Waals surface area contributed by atoms with Gasteiger partial charge in [-0.1, -0.05) is 48.5 Å². The van der Waals surface area contributed by atoms with Crippen LogP contribution < -0.4 is 15.8 Å². The molecule has 6 N–H and O–H groups in total. The zero-order chi connectivity index (χ0) is 31.2. The lowest BCUT2D eigenvalue weighted by atomic mass is 9.98. The van der Waals surface area contributed by atoms with Gasteiger partial charge in [0.2, 0.25) is 17.7 Å². The van der Waals surface area contributed by atoms with Crippen molar-refractivity contribution in [1.82, 2.24) is 14.9 Å². The smallest absolute Gasteiger partial charge is 0.335 e. The first-order valence-electron chi connectivity index (χ1n) is 13.4. The summed E-state index contributed by atoms with van der Waals surface area (Å²) < 4.78 is 39.7. The van der Waals surface area contributed by atoms with E-state index in [1.165, 1.54) is 17.0 Å². The van der Waals surface area contributed by atoms with Gasteiger partial charge in [0, 0.05) is 18.7 Å². The van der Waals surface area contributed by atoms with Crippen LogP contribution >= 0.6 is 30.7 Å². The fourth-order valence-electron chi connectivity index (χ4n) is 4.87. The van der Waals surface area contributed by atoms with Gasteiger partial charge >= 0.3 is 7.60 Å². The Balaban J connectivity index is 1.52. The fraction of sp³-hybridized carbons (Fsp3) is 0.370. The number of nitrogens with one attached hydrogen (secondary N) is 2. The molecule has 0 spiro atoms. The Morgan fingerprint density at radius 2 is 1.81 bits per heavy atom. The predicted octanol–water partition coefficient (Wildman–Crippen LogP) is 2.01. The van der Waals surface area contributed by atoms with Crippen LogP contribution in [-0.4, -0.2) is 76.7 Å². The maximum absolute atomic E-state index is 13.8. The second-order valence-corrected chi connectivity index (χ2v) is 16.2. The molecular formula is C27H33N4O8PS3. The average molecular weight is 669 g/mol. The number of thioether (sulfide) groups is 1. The number of thiophene rings is 1. The van der Waals surface area contributed by atoms with Crippen LogP contribution in [0.1, 0.15) is 24.8 Å². The van der Waals surface area contributed by atoms with Gasteiger partial charge in [0.05, 0.1) is 5.49 Å². The molecule has 1 aromatic heterocycles. The number of piperidine rings is 1. The molecule has 12 nitrogen and oxygen atoms in total. The van der Waals surface area contributed by atoms with Crippen molar-refractivity contribution in [2.75, 3.05) is 17.8 Å². The van der Waals surface area contributed by atoms with E-state index in [0.717, 1.165) is 39.4 Å². The normalized spacial score (nSPS) is 17.3. The molecular weight excluding hydrogens is 635 g/mol. The number of nitrogens with two attached hydrogens (primary N) is 1. The van der Waals surface area contributed by atoms with Gasteiger partial charge in [0.25, 0.3) is 10.0 Å². The number of hydrogen-bond donors (Lipinski definition) is 5. The number of primary amides is 1. The summed E-state index contributed by atoms with van der Waals surface area (Å²) in [4.78, 5) is 59.5. The zero-order valence-corrected chi connectivity index (χ0v) is 26.3. The highest BCUT2D eigenvalue weighted by Gasteiger charge is 2.38. The van der Waals surface area contributed by atoms with Crippen molar-refractivity contribution >= 4 is 69.2 Å². The van der Waals surface area contributed by atoms with Crippen molar-refractivity contribution in [2.45, 2.75) is 48.0 Å². The SMILES string of the molecule is NC(=O)[C@H](Cc1ccc2ccccc2c1)NC(=O)[C@@H]1CCCCN1C(=O)[C@H](CSCP(=O)(O)O)NS(=O)(=O)c1cccs1. The molecule has 0 unspecified atom stereocenters. The molecule has 2 heterocycles. The number of carbonyl (C=O) groups excluding carboxylic acids is 3. The third-order valence-electron chi connectivity index (χ3n) is 6.90. The number of nitrogens with zero attached hydrogens (tertiary/aromatic N) is 1. The number of rotatable bonds is 13. The van der Waals surface area contributed by atoms with Crippen LogP contribution in [0, 0.1) is 0 Å². The standard InChI is InChI=1S/C27H33N4O8PS3/c28-25(32)21(15-18-10-11-19-6-1-2-7-20(19)14-18)29-26(33)23-8-3-4-12-31(23)27(34)22(16-41-17-40(35,36)37)30-43(38,39)24-9-5-13-42-24/h1-2,5-7,9-11,13-14,21-23,30H,3-4,8,12,15-17H2,(H2,28,32)(H,29,33)(H2,35,36,37)/t21-,22-,23-/m0/s1. The number of benzene rings is 2. The Kier molecular flexibility index (Phi) is 11.0. The van der Waals surface area contributed by atoms with Crippen LogP contribution in [0.3, 0.4) is 0 Å². The molecule has 4 rings (SSSR count). The zero-order valence-electron chi connectivity index (χ0n) is 23.0. The van der Waals surface area contributed by atoms with Crippen molar-refractivity contribution in [2.24, 2.45) is 5.73 Å². The summed E-state index contributed by atoms with van der Waals surface area (Å²) in [7, 11) is -8.56. The molecule has 16 heteroatoms. The average Bonchev–Trinajstić information content (AvgIpc) is 3.51. The molecule has 232 valence electrons. The van der Waals surface area contributed by atoms with Gasteiger partial charge in [-0.25, -0.2) is 8.42 Å². The highest BCUT2D eigenvalue weighted by molar-refractivity contribution is 8.04. The maximum Gasteiger partial charge on any atom is 0.335 e. The number of amides is 3. The van der Waals surface area contributed by atoms with E-state index >= 15 is 0 Å². The molecule has 43 heavy (non-hydrogen) atoms. The molecule has 0 radical (unpaired) electrons. The third kappa shape index (κ3) is 9.11. The first-order chi connectivity index (χ1) is 20.3. The Morgan fingerprint density at radius 3 is 2.49 bits per heavy atom. The lowest BCUT2D eigenvalue weighted by Crippen LogP contribution is -2.60. The fourth-order valence-corrected chi connectivity index (χ4v) is 9.01. The summed E-state index contributed by atoms with van der Waals surface area (Å²) in [5.74, 6) is -2.32. The summed E-state index contributed by atoms with van der Waals surface area (Å²) in [6.45, 7) is 0.156. The first kappa shape index (κ1) is 33.1. The van der Waals surface area contributed by atoms with E-state index in [-0.39, 0.29) is 29.3 Å². The van der Waals surface area contributed by atoms with Crippen molar-refractivity contribution in [3.05, 3.63) is 65.5 Å². The minimum absolute atomic E-state index is 0.0313. The number of carbonyl (C=O) groups is 3. The van der Waals surface area contributed by atoms with Gasteiger partial charge < -0.3 is 25.7 Å². The molecule has 1 aliphatic rings. The largest absolute Gasteiger partial charge is 0.368 e. The van der Waals surface area contributed by atoms with Crippen LogP contribution in [0.25, 0.3) is 10.8 Å². The van der Waals surface area contributed by atoms with Crippen LogP contribution in [-0.2, 0) is 35.4 Å². The van der Waals surface area contributed by atoms with E-state index in [1.807, 2.05) is 42.5 Å².